The second-order valence-electron chi connectivity index (χ2n) is 8.79. The average Bonchev–Trinajstić information content (AvgIpc) is 2.96. The molecule has 0 unspecified atom stereocenters. The number of halogens is 2. The van der Waals surface area contributed by atoms with E-state index in [1.807, 2.05) is 0 Å². The van der Waals surface area contributed by atoms with Crippen molar-refractivity contribution in [2.75, 3.05) is 12.4 Å². The number of anilines is 1. The van der Waals surface area contributed by atoms with Gasteiger partial charge in [0.1, 0.15) is 11.6 Å². The van der Waals surface area contributed by atoms with Gasteiger partial charge in [0.2, 0.25) is 5.75 Å². The van der Waals surface area contributed by atoms with E-state index in [0.29, 0.717) is 10.9 Å². The molecule has 3 aromatic carbocycles. The molecular weight excluding hydrogens is 554 g/mol. The SMILES string of the molecule is CCn1cc(OC(=O)Nc2ccc(Oc3ccnc4cc(O)c(OC)cc34)c(F)c2)c(=O)n(-c2ccc(F)cc2)c1=O. The van der Waals surface area contributed by atoms with Crippen LogP contribution in [0.5, 0.6) is 28.7 Å². The van der Waals surface area contributed by atoms with Crippen molar-refractivity contribution < 1.29 is 32.9 Å². The van der Waals surface area contributed by atoms with Gasteiger partial charge in [0, 0.05) is 35.9 Å². The van der Waals surface area contributed by atoms with Crippen LogP contribution < -0.4 is 30.8 Å². The van der Waals surface area contributed by atoms with Crippen molar-refractivity contribution in [1.29, 1.82) is 0 Å². The number of pyridine rings is 1. The molecule has 2 heterocycles. The van der Waals surface area contributed by atoms with Gasteiger partial charge < -0.3 is 19.3 Å². The largest absolute Gasteiger partial charge is 0.504 e. The number of hydrogen-bond donors (Lipinski definition) is 2. The quantitative estimate of drug-likeness (QED) is 0.278. The van der Waals surface area contributed by atoms with E-state index in [4.69, 9.17) is 14.2 Å². The first-order valence-corrected chi connectivity index (χ1v) is 12.4. The van der Waals surface area contributed by atoms with E-state index in [1.165, 1.54) is 55.8 Å². The number of carbonyl (C=O) groups excluding carboxylic acids is 1. The van der Waals surface area contributed by atoms with Crippen molar-refractivity contribution in [2.45, 2.75) is 13.5 Å². The minimum atomic E-state index is -1.13. The van der Waals surface area contributed by atoms with Gasteiger partial charge in [-0.1, -0.05) is 0 Å². The standard InChI is InChI=1S/C29H22F2N4O7/c1-3-34-15-26(27(37)35(29(34)39)18-7-4-16(30)5-8-18)42-28(38)33-17-6-9-24(20(31)12-17)41-23-10-11-32-21-14-22(36)25(40-2)13-19(21)23/h4-15,36H,3H2,1-2H3,(H,33,38). The summed E-state index contributed by atoms with van der Waals surface area (Å²) in [6.07, 6.45) is 1.38. The summed E-state index contributed by atoms with van der Waals surface area (Å²) in [7, 11) is 1.38. The maximum Gasteiger partial charge on any atom is 0.417 e. The molecule has 0 aliphatic heterocycles. The van der Waals surface area contributed by atoms with E-state index in [-0.39, 0.29) is 40.9 Å². The van der Waals surface area contributed by atoms with Crippen LogP contribution in [0.25, 0.3) is 16.6 Å². The number of benzene rings is 3. The maximum atomic E-state index is 15.0. The topological polar surface area (TPSA) is 134 Å². The zero-order valence-corrected chi connectivity index (χ0v) is 22.1. The predicted molar refractivity (Wildman–Crippen MR) is 148 cm³/mol. The van der Waals surface area contributed by atoms with E-state index >= 15 is 0 Å². The predicted octanol–water partition coefficient (Wildman–Crippen LogP) is 4.96. The summed E-state index contributed by atoms with van der Waals surface area (Å²) in [5.41, 5.74) is -1.21. The monoisotopic (exact) mass is 576 g/mol. The highest BCUT2D eigenvalue weighted by Crippen LogP contribution is 2.37. The molecule has 0 saturated heterocycles. The normalized spacial score (nSPS) is 10.9. The number of carbonyl (C=O) groups is 1. The first-order chi connectivity index (χ1) is 20.2. The van der Waals surface area contributed by atoms with E-state index in [0.717, 1.165) is 33.5 Å². The first-order valence-electron chi connectivity index (χ1n) is 12.4. The number of aromatic hydroxyl groups is 1. The highest BCUT2D eigenvalue weighted by molar-refractivity contribution is 5.88. The number of aromatic nitrogens is 3. The zero-order valence-electron chi connectivity index (χ0n) is 22.1. The molecule has 0 radical (unpaired) electrons. The molecule has 0 spiro atoms. The molecule has 11 nitrogen and oxygen atoms in total. The van der Waals surface area contributed by atoms with Crippen molar-refractivity contribution in [3.05, 3.63) is 106 Å². The van der Waals surface area contributed by atoms with Gasteiger partial charge in [-0.25, -0.2) is 22.9 Å². The van der Waals surface area contributed by atoms with Crippen LogP contribution in [0.1, 0.15) is 6.92 Å². The van der Waals surface area contributed by atoms with Crippen LogP contribution in [0.4, 0.5) is 19.3 Å². The highest BCUT2D eigenvalue weighted by atomic mass is 19.1. The Morgan fingerprint density at radius 2 is 1.74 bits per heavy atom. The molecule has 5 aromatic rings. The second kappa shape index (κ2) is 11.4. The fourth-order valence-electron chi connectivity index (χ4n) is 4.10. The number of nitrogens with zero attached hydrogens (tertiary/aromatic N) is 3. The molecule has 0 aliphatic rings. The number of rotatable bonds is 7. The third kappa shape index (κ3) is 5.47. The lowest BCUT2D eigenvalue weighted by molar-refractivity contribution is 0.213. The number of phenolic OH excluding ortho intramolecular Hbond substituents is 1. The van der Waals surface area contributed by atoms with Crippen LogP contribution in [-0.2, 0) is 6.54 Å². The number of phenols is 1. The third-order valence-electron chi connectivity index (χ3n) is 6.15. The van der Waals surface area contributed by atoms with E-state index in [9.17, 15) is 28.3 Å². The lowest BCUT2D eigenvalue weighted by atomic mass is 10.2. The molecule has 13 heteroatoms. The van der Waals surface area contributed by atoms with Crippen LogP contribution in [0.3, 0.4) is 0 Å². The van der Waals surface area contributed by atoms with Crippen LogP contribution in [-0.4, -0.2) is 32.4 Å². The van der Waals surface area contributed by atoms with Crippen molar-refractivity contribution in [1.82, 2.24) is 14.1 Å². The molecule has 0 atom stereocenters. The summed E-state index contributed by atoms with van der Waals surface area (Å²) in [6.45, 7) is 1.79. The van der Waals surface area contributed by atoms with E-state index < -0.39 is 34.7 Å². The number of hydrogen-bond acceptors (Lipinski definition) is 8. The third-order valence-corrected chi connectivity index (χ3v) is 6.15. The lowest BCUT2D eigenvalue weighted by Crippen LogP contribution is -2.39. The van der Waals surface area contributed by atoms with Gasteiger partial charge in [0.05, 0.1) is 24.5 Å². The molecule has 42 heavy (non-hydrogen) atoms. The maximum absolute atomic E-state index is 15.0. The summed E-state index contributed by atoms with van der Waals surface area (Å²) in [5.74, 6) is -1.76. The van der Waals surface area contributed by atoms with Gasteiger partial charge in [-0.15, -0.1) is 0 Å². The minimum absolute atomic E-state index is 0.0151. The summed E-state index contributed by atoms with van der Waals surface area (Å²) < 4.78 is 46.3. The Hall–Kier alpha value is -5.72. The molecule has 0 saturated carbocycles. The van der Waals surface area contributed by atoms with Crippen LogP contribution >= 0.6 is 0 Å². The molecule has 214 valence electrons. The molecule has 0 fully saturated rings. The van der Waals surface area contributed by atoms with Gasteiger partial charge in [-0.3, -0.25) is 19.7 Å². The number of fused-ring (bicyclic) bond motifs is 1. The number of methoxy groups -OCH3 is 1. The van der Waals surface area contributed by atoms with Crippen molar-refractivity contribution in [3.63, 3.8) is 0 Å². The van der Waals surface area contributed by atoms with E-state index in [2.05, 4.69) is 10.3 Å². The molecular formula is C29H22F2N4O7. The smallest absolute Gasteiger partial charge is 0.417 e. The summed E-state index contributed by atoms with van der Waals surface area (Å²) >= 11 is 0. The van der Waals surface area contributed by atoms with Crippen molar-refractivity contribution >= 4 is 22.7 Å². The highest BCUT2D eigenvalue weighted by Gasteiger charge is 2.18. The van der Waals surface area contributed by atoms with E-state index in [1.54, 1.807) is 6.92 Å². The first kappa shape index (κ1) is 27.8. The Labute approximate surface area is 235 Å². The molecule has 0 aliphatic carbocycles. The van der Waals surface area contributed by atoms with Crippen molar-refractivity contribution in [2.24, 2.45) is 0 Å². The Bertz CT molecular complexity index is 1940. The van der Waals surface area contributed by atoms with Gasteiger partial charge >= 0.3 is 17.3 Å². The fourth-order valence-corrected chi connectivity index (χ4v) is 4.10. The Morgan fingerprint density at radius 1 is 0.976 bits per heavy atom. The number of ether oxygens (including phenoxy) is 3. The molecule has 0 bridgehead atoms. The summed E-state index contributed by atoms with van der Waals surface area (Å²) in [4.78, 5) is 42.5. The second-order valence-corrected chi connectivity index (χ2v) is 8.79. The number of aryl methyl sites for hydroxylation is 1. The minimum Gasteiger partial charge on any atom is -0.504 e. The van der Waals surface area contributed by atoms with Gasteiger partial charge in [-0.05, 0) is 55.5 Å². The Balaban J connectivity index is 1.37. The van der Waals surface area contributed by atoms with Crippen LogP contribution in [0.15, 0.2) is 82.6 Å². The van der Waals surface area contributed by atoms with Gasteiger partial charge in [-0.2, -0.15) is 0 Å². The number of amides is 1. The Morgan fingerprint density at radius 3 is 2.43 bits per heavy atom. The lowest BCUT2D eigenvalue weighted by Gasteiger charge is -2.13. The Kier molecular flexibility index (Phi) is 7.56. The molecule has 2 N–H and O–H groups in total. The van der Waals surface area contributed by atoms with Crippen LogP contribution in [0.2, 0.25) is 0 Å². The zero-order chi connectivity index (χ0) is 30.0. The molecule has 2 aromatic heterocycles. The fraction of sp³-hybridized carbons (Fsp3) is 0.103. The van der Waals surface area contributed by atoms with Gasteiger partial charge in [0.25, 0.3) is 0 Å². The van der Waals surface area contributed by atoms with Gasteiger partial charge in [0.15, 0.2) is 23.1 Å². The summed E-state index contributed by atoms with van der Waals surface area (Å²) in [6, 6.07) is 12.6. The van der Waals surface area contributed by atoms with Crippen molar-refractivity contribution in [3.8, 4) is 34.4 Å². The summed E-state index contributed by atoms with van der Waals surface area (Å²) in [5, 5.41) is 12.8. The number of nitrogens with one attached hydrogen (secondary N) is 1. The molecule has 1 amide bonds. The van der Waals surface area contributed by atoms with Crippen LogP contribution in [0, 0.1) is 11.6 Å². The average molecular weight is 577 g/mol. The molecule has 5 rings (SSSR count).